The Labute approximate surface area is 132 Å². The molecule has 1 aromatic rings. The van der Waals surface area contributed by atoms with Gasteiger partial charge in [0.15, 0.2) is 0 Å². The van der Waals surface area contributed by atoms with Gasteiger partial charge in [-0.1, -0.05) is 26.0 Å². The first-order valence-electron chi connectivity index (χ1n) is 7.54. The molecule has 2 atom stereocenters. The smallest absolute Gasteiger partial charge is 0.222 e. The summed E-state index contributed by atoms with van der Waals surface area (Å²) in [6.07, 6.45) is 0.211. The van der Waals surface area contributed by atoms with E-state index in [1.54, 1.807) is 7.11 Å². The van der Waals surface area contributed by atoms with Crippen LogP contribution in [0.15, 0.2) is 24.3 Å². The number of amides is 2. The minimum atomic E-state index is -0.345. The third-order valence-electron chi connectivity index (χ3n) is 3.67. The Kier molecular flexibility index (Phi) is 6.89. The van der Waals surface area contributed by atoms with Gasteiger partial charge in [0.05, 0.1) is 19.6 Å². The number of carbonyl (C=O) groups is 2. The maximum atomic E-state index is 12.2. The zero-order valence-corrected chi connectivity index (χ0v) is 14.0. The second-order valence-electron chi connectivity index (χ2n) is 5.83. The van der Waals surface area contributed by atoms with E-state index < -0.39 is 0 Å². The van der Waals surface area contributed by atoms with Crippen molar-refractivity contribution in [2.45, 2.75) is 46.2 Å². The van der Waals surface area contributed by atoms with Crippen molar-refractivity contribution in [3.8, 4) is 5.75 Å². The Morgan fingerprint density at radius 3 is 2.14 bits per heavy atom. The van der Waals surface area contributed by atoms with E-state index in [0.717, 1.165) is 11.3 Å². The highest BCUT2D eigenvalue weighted by Crippen LogP contribution is 2.20. The average Bonchev–Trinajstić information content (AvgIpc) is 2.46. The molecule has 0 aromatic heterocycles. The van der Waals surface area contributed by atoms with E-state index in [9.17, 15) is 9.59 Å². The normalized spacial score (nSPS) is 13.4. The molecule has 2 N–H and O–H groups in total. The fraction of sp³-hybridized carbons (Fsp3) is 0.529. The highest BCUT2D eigenvalue weighted by atomic mass is 16.5. The Morgan fingerprint density at radius 1 is 1.09 bits per heavy atom. The molecule has 0 saturated carbocycles. The molecule has 2 amide bonds. The predicted molar refractivity (Wildman–Crippen MR) is 86.6 cm³/mol. The molecule has 122 valence electrons. The van der Waals surface area contributed by atoms with E-state index in [2.05, 4.69) is 24.5 Å². The number of carbonyl (C=O) groups excluding carboxylic acids is 2. The highest BCUT2D eigenvalue weighted by molar-refractivity contribution is 5.79. The molecule has 22 heavy (non-hydrogen) atoms. The Bertz CT molecular complexity index is 497. The lowest BCUT2D eigenvalue weighted by atomic mass is 10.0. The molecule has 0 fully saturated rings. The maximum absolute atomic E-state index is 12.2. The van der Waals surface area contributed by atoms with Crippen LogP contribution < -0.4 is 15.4 Å². The molecule has 1 rings (SSSR count). The summed E-state index contributed by atoms with van der Waals surface area (Å²) in [7, 11) is 1.60. The topological polar surface area (TPSA) is 67.4 Å². The van der Waals surface area contributed by atoms with Crippen molar-refractivity contribution in [2.24, 2.45) is 5.92 Å². The number of hydrogen-bond donors (Lipinski definition) is 2. The minimum absolute atomic E-state index is 0.0734. The van der Waals surface area contributed by atoms with Gasteiger partial charge in [0, 0.05) is 13.0 Å². The molecule has 0 radical (unpaired) electrons. The summed E-state index contributed by atoms with van der Waals surface area (Å²) in [4.78, 5) is 23.6. The summed E-state index contributed by atoms with van der Waals surface area (Å²) in [5.74, 6) is 0.869. The average molecular weight is 306 g/mol. The van der Waals surface area contributed by atoms with Gasteiger partial charge in [-0.3, -0.25) is 9.59 Å². The number of nitrogens with one attached hydrogen (secondary N) is 2. The van der Waals surface area contributed by atoms with Crippen LogP contribution in [0.1, 0.15) is 45.7 Å². The van der Waals surface area contributed by atoms with Crippen LogP contribution in [0, 0.1) is 5.92 Å². The molecule has 2 unspecified atom stereocenters. The lowest BCUT2D eigenvalue weighted by Crippen LogP contribution is -2.39. The van der Waals surface area contributed by atoms with Crippen LogP contribution in [0.5, 0.6) is 5.75 Å². The summed E-state index contributed by atoms with van der Waals surface area (Å²) in [6.45, 7) is 7.54. The molecule has 1 aromatic carbocycles. The van der Waals surface area contributed by atoms with Crippen molar-refractivity contribution >= 4 is 11.8 Å². The van der Waals surface area contributed by atoms with Crippen molar-refractivity contribution in [1.29, 1.82) is 0 Å². The minimum Gasteiger partial charge on any atom is -0.497 e. The fourth-order valence-electron chi connectivity index (χ4n) is 2.00. The number of benzene rings is 1. The van der Waals surface area contributed by atoms with Crippen LogP contribution in [0.3, 0.4) is 0 Å². The van der Waals surface area contributed by atoms with E-state index in [1.807, 2.05) is 31.2 Å². The SMILES string of the molecule is COc1ccc(C(CC(=O)NC(C)C(C)C)NC(C)=O)cc1. The van der Waals surface area contributed by atoms with Crippen LogP contribution in [0.2, 0.25) is 0 Å². The zero-order chi connectivity index (χ0) is 16.7. The monoisotopic (exact) mass is 306 g/mol. The van der Waals surface area contributed by atoms with Gasteiger partial charge in [0.1, 0.15) is 5.75 Å². The first-order chi connectivity index (χ1) is 10.3. The van der Waals surface area contributed by atoms with Gasteiger partial charge in [0.2, 0.25) is 11.8 Å². The van der Waals surface area contributed by atoms with E-state index in [4.69, 9.17) is 4.74 Å². The predicted octanol–water partition coefficient (Wildman–Crippen LogP) is 2.42. The maximum Gasteiger partial charge on any atom is 0.222 e. The van der Waals surface area contributed by atoms with Crippen molar-refractivity contribution in [3.63, 3.8) is 0 Å². The van der Waals surface area contributed by atoms with Crippen molar-refractivity contribution < 1.29 is 14.3 Å². The van der Waals surface area contributed by atoms with Crippen molar-refractivity contribution in [2.75, 3.05) is 7.11 Å². The molecule has 0 aliphatic carbocycles. The van der Waals surface area contributed by atoms with Crippen LogP contribution >= 0.6 is 0 Å². The zero-order valence-electron chi connectivity index (χ0n) is 14.0. The molecule has 0 spiro atoms. The van der Waals surface area contributed by atoms with E-state index in [0.29, 0.717) is 5.92 Å². The molecule has 0 aliphatic heterocycles. The first-order valence-corrected chi connectivity index (χ1v) is 7.54. The van der Waals surface area contributed by atoms with Crippen LogP contribution in [-0.2, 0) is 9.59 Å². The van der Waals surface area contributed by atoms with E-state index >= 15 is 0 Å². The van der Waals surface area contributed by atoms with Gasteiger partial charge in [-0.25, -0.2) is 0 Å². The lowest BCUT2D eigenvalue weighted by molar-refractivity contribution is -0.123. The molecular weight excluding hydrogens is 280 g/mol. The second kappa shape index (κ2) is 8.41. The molecule has 0 aliphatic rings. The van der Waals surface area contributed by atoms with E-state index in [1.165, 1.54) is 6.92 Å². The first kappa shape index (κ1) is 18.0. The Hall–Kier alpha value is -2.04. The van der Waals surface area contributed by atoms with Gasteiger partial charge in [-0.15, -0.1) is 0 Å². The van der Waals surface area contributed by atoms with Gasteiger partial charge in [-0.05, 0) is 30.5 Å². The fourth-order valence-corrected chi connectivity index (χ4v) is 2.00. The van der Waals surface area contributed by atoms with Gasteiger partial charge in [-0.2, -0.15) is 0 Å². The third-order valence-corrected chi connectivity index (χ3v) is 3.67. The van der Waals surface area contributed by atoms with Crippen LogP contribution in [0.4, 0.5) is 0 Å². The molecule has 5 nitrogen and oxygen atoms in total. The largest absolute Gasteiger partial charge is 0.497 e. The number of methoxy groups -OCH3 is 1. The summed E-state index contributed by atoms with van der Waals surface area (Å²) in [5.41, 5.74) is 0.878. The molecule has 0 heterocycles. The summed E-state index contributed by atoms with van der Waals surface area (Å²) >= 11 is 0. The number of hydrogen-bond acceptors (Lipinski definition) is 3. The molecule has 0 bridgehead atoms. The lowest BCUT2D eigenvalue weighted by Gasteiger charge is -2.21. The van der Waals surface area contributed by atoms with E-state index in [-0.39, 0.29) is 30.3 Å². The molecular formula is C17H26N2O3. The van der Waals surface area contributed by atoms with Crippen molar-refractivity contribution in [3.05, 3.63) is 29.8 Å². The Morgan fingerprint density at radius 2 is 1.68 bits per heavy atom. The summed E-state index contributed by atoms with van der Waals surface area (Å²) in [5, 5.41) is 5.79. The number of ether oxygens (including phenoxy) is 1. The van der Waals surface area contributed by atoms with Crippen LogP contribution in [-0.4, -0.2) is 25.0 Å². The highest BCUT2D eigenvalue weighted by Gasteiger charge is 2.19. The quantitative estimate of drug-likeness (QED) is 0.813. The van der Waals surface area contributed by atoms with Gasteiger partial charge in [0.25, 0.3) is 0 Å². The number of rotatable bonds is 7. The molecule has 5 heteroatoms. The second-order valence-corrected chi connectivity index (χ2v) is 5.83. The van der Waals surface area contributed by atoms with Gasteiger partial charge >= 0.3 is 0 Å². The van der Waals surface area contributed by atoms with Crippen molar-refractivity contribution in [1.82, 2.24) is 10.6 Å². The third kappa shape index (κ3) is 5.76. The Balaban J connectivity index is 2.79. The van der Waals surface area contributed by atoms with Crippen LogP contribution in [0.25, 0.3) is 0 Å². The molecule has 0 saturated heterocycles. The summed E-state index contributed by atoms with van der Waals surface area (Å²) < 4.78 is 5.12. The standard InChI is InChI=1S/C17H26N2O3/c1-11(2)12(3)18-17(21)10-16(19-13(4)20)14-6-8-15(22-5)9-7-14/h6-9,11-12,16H,10H2,1-5H3,(H,18,21)(H,19,20). The van der Waals surface area contributed by atoms with Gasteiger partial charge < -0.3 is 15.4 Å². The summed E-state index contributed by atoms with van der Waals surface area (Å²) in [6, 6.07) is 7.11.